The van der Waals surface area contributed by atoms with Crippen molar-refractivity contribution in [3.05, 3.63) is 0 Å². The second kappa shape index (κ2) is 6.11. The molecule has 2 N–H and O–H groups in total. The van der Waals surface area contributed by atoms with Crippen LogP contribution in [0.5, 0.6) is 0 Å². The van der Waals surface area contributed by atoms with E-state index < -0.39 is 5.60 Å². The van der Waals surface area contributed by atoms with Crippen molar-refractivity contribution < 1.29 is 14.6 Å². The molecular weight excluding hydrogens is 220 g/mol. The van der Waals surface area contributed by atoms with Gasteiger partial charge in [0.05, 0.1) is 18.3 Å². The average Bonchev–Trinajstić information content (AvgIpc) is 2.30. The third kappa shape index (κ3) is 4.19. The Kier molecular flexibility index (Phi) is 4.76. The molecule has 17 heavy (non-hydrogen) atoms. The van der Waals surface area contributed by atoms with E-state index in [1.165, 1.54) is 0 Å². The predicted octanol–water partition coefficient (Wildman–Crippen LogP) is -0.552. The molecular formula is C12H24N2O3. The Labute approximate surface area is 103 Å². The van der Waals surface area contributed by atoms with E-state index in [-0.39, 0.29) is 6.10 Å². The first-order valence-electron chi connectivity index (χ1n) is 6.49. The lowest BCUT2D eigenvalue weighted by Crippen LogP contribution is -2.49. The topological polar surface area (TPSA) is 54.0 Å². The molecule has 0 amide bonds. The fourth-order valence-electron chi connectivity index (χ4n) is 2.38. The van der Waals surface area contributed by atoms with E-state index in [1.807, 2.05) is 0 Å². The second-order valence-electron chi connectivity index (χ2n) is 5.22. The van der Waals surface area contributed by atoms with E-state index >= 15 is 0 Å². The Morgan fingerprint density at radius 1 is 1.35 bits per heavy atom. The van der Waals surface area contributed by atoms with Gasteiger partial charge in [-0.25, -0.2) is 0 Å². The highest BCUT2D eigenvalue weighted by Crippen LogP contribution is 2.19. The van der Waals surface area contributed by atoms with E-state index in [0.29, 0.717) is 19.8 Å². The molecule has 0 aromatic rings. The van der Waals surface area contributed by atoms with Gasteiger partial charge in [0.15, 0.2) is 0 Å². The molecule has 2 aliphatic rings. The van der Waals surface area contributed by atoms with Crippen molar-refractivity contribution in [2.75, 3.05) is 53.0 Å². The lowest BCUT2D eigenvalue weighted by molar-refractivity contribution is -0.0655. The van der Waals surface area contributed by atoms with Gasteiger partial charge in [-0.15, -0.1) is 0 Å². The Balaban J connectivity index is 1.64. The van der Waals surface area contributed by atoms with E-state index in [2.05, 4.69) is 17.3 Å². The van der Waals surface area contributed by atoms with Crippen LogP contribution in [0.2, 0.25) is 0 Å². The smallest absolute Gasteiger partial charge is 0.0826 e. The van der Waals surface area contributed by atoms with Crippen molar-refractivity contribution in [1.82, 2.24) is 10.2 Å². The van der Waals surface area contributed by atoms with Gasteiger partial charge in [0.1, 0.15) is 0 Å². The maximum atomic E-state index is 10.3. The summed E-state index contributed by atoms with van der Waals surface area (Å²) in [5.41, 5.74) is -0.585. The van der Waals surface area contributed by atoms with Crippen LogP contribution in [-0.4, -0.2) is 74.8 Å². The summed E-state index contributed by atoms with van der Waals surface area (Å²) in [5.74, 6) is 0. The lowest BCUT2D eigenvalue weighted by Gasteiger charge is -2.34. The van der Waals surface area contributed by atoms with Crippen molar-refractivity contribution in [2.24, 2.45) is 0 Å². The SMILES string of the molecule is CN1CCOC(CNCC2(O)CCOCC2)C1. The van der Waals surface area contributed by atoms with Crippen molar-refractivity contribution in [1.29, 1.82) is 0 Å². The maximum Gasteiger partial charge on any atom is 0.0826 e. The van der Waals surface area contributed by atoms with Gasteiger partial charge in [-0.1, -0.05) is 0 Å². The molecule has 5 nitrogen and oxygen atoms in total. The number of likely N-dealkylation sites (N-methyl/N-ethyl adjacent to an activating group) is 1. The van der Waals surface area contributed by atoms with Gasteiger partial charge in [-0.3, -0.25) is 0 Å². The van der Waals surface area contributed by atoms with Gasteiger partial charge in [0.25, 0.3) is 0 Å². The number of hydrogen-bond acceptors (Lipinski definition) is 5. The second-order valence-corrected chi connectivity index (χ2v) is 5.22. The summed E-state index contributed by atoms with van der Waals surface area (Å²) < 4.78 is 10.9. The molecule has 5 heteroatoms. The molecule has 1 unspecified atom stereocenters. The van der Waals surface area contributed by atoms with E-state index in [9.17, 15) is 5.11 Å². The molecule has 0 aromatic heterocycles. The quantitative estimate of drug-likeness (QED) is 0.695. The minimum atomic E-state index is -0.585. The summed E-state index contributed by atoms with van der Waals surface area (Å²) >= 11 is 0. The Morgan fingerprint density at radius 2 is 2.12 bits per heavy atom. The molecule has 0 spiro atoms. The van der Waals surface area contributed by atoms with Gasteiger partial charge in [-0.2, -0.15) is 0 Å². The standard InChI is InChI=1S/C12H24N2O3/c1-14-4-7-17-11(9-14)8-13-10-12(15)2-5-16-6-3-12/h11,13,15H,2-10H2,1H3. The first-order valence-corrected chi connectivity index (χ1v) is 6.49. The summed E-state index contributed by atoms with van der Waals surface area (Å²) in [5, 5.41) is 13.6. The van der Waals surface area contributed by atoms with Crippen molar-refractivity contribution in [2.45, 2.75) is 24.5 Å². The van der Waals surface area contributed by atoms with Crippen LogP contribution in [0.3, 0.4) is 0 Å². The van der Waals surface area contributed by atoms with Crippen LogP contribution >= 0.6 is 0 Å². The van der Waals surface area contributed by atoms with E-state index in [1.54, 1.807) is 0 Å². The van der Waals surface area contributed by atoms with Crippen molar-refractivity contribution in [3.63, 3.8) is 0 Å². The van der Waals surface area contributed by atoms with Crippen LogP contribution < -0.4 is 5.32 Å². The van der Waals surface area contributed by atoms with Gasteiger partial charge in [0, 0.05) is 52.2 Å². The maximum absolute atomic E-state index is 10.3. The van der Waals surface area contributed by atoms with Crippen LogP contribution in [0.15, 0.2) is 0 Å². The minimum Gasteiger partial charge on any atom is -0.388 e. The molecule has 0 aliphatic carbocycles. The number of aliphatic hydroxyl groups is 1. The normalized spacial score (nSPS) is 30.4. The molecule has 1 atom stereocenters. The lowest BCUT2D eigenvalue weighted by atomic mass is 9.94. The number of rotatable bonds is 4. The molecule has 0 aromatic carbocycles. The number of nitrogens with zero attached hydrogens (tertiary/aromatic N) is 1. The minimum absolute atomic E-state index is 0.247. The molecule has 2 aliphatic heterocycles. The highest BCUT2D eigenvalue weighted by molar-refractivity contribution is 4.84. The van der Waals surface area contributed by atoms with Gasteiger partial charge < -0.3 is 24.8 Å². The van der Waals surface area contributed by atoms with E-state index in [4.69, 9.17) is 9.47 Å². The highest BCUT2D eigenvalue weighted by atomic mass is 16.5. The molecule has 0 radical (unpaired) electrons. The van der Waals surface area contributed by atoms with Crippen LogP contribution in [0.25, 0.3) is 0 Å². The Bertz CT molecular complexity index is 232. The molecule has 2 heterocycles. The van der Waals surface area contributed by atoms with Crippen LogP contribution in [-0.2, 0) is 9.47 Å². The van der Waals surface area contributed by atoms with Crippen LogP contribution in [0.1, 0.15) is 12.8 Å². The summed E-state index contributed by atoms with van der Waals surface area (Å²) in [4.78, 5) is 2.28. The van der Waals surface area contributed by atoms with Gasteiger partial charge in [-0.05, 0) is 7.05 Å². The third-order valence-electron chi connectivity index (χ3n) is 3.59. The molecule has 2 rings (SSSR count). The first-order chi connectivity index (χ1) is 8.18. The highest BCUT2D eigenvalue weighted by Gasteiger charge is 2.29. The molecule has 2 saturated heterocycles. The van der Waals surface area contributed by atoms with Crippen LogP contribution in [0.4, 0.5) is 0 Å². The Hall–Kier alpha value is -0.200. The summed E-state index contributed by atoms with van der Waals surface area (Å²) in [6, 6.07) is 0. The molecule has 0 saturated carbocycles. The zero-order valence-corrected chi connectivity index (χ0v) is 10.7. The summed E-state index contributed by atoms with van der Waals surface area (Å²) in [6.45, 7) is 5.57. The zero-order valence-electron chi connectivity index (χ0n) is 10.7. The van der Waals surface area contributed by atoms with Crippen molar-refractivity contribution >= 4 is 0 Å². The molecule has 2 fully saturated rings. The van der Waals surface area contributed by atoms with Crippen LogP contribution in [0, 0.1) is 0 Å². The molecule has 100 valence electrons. The third-order valence-corrected chi connectivity index (χ3v) is 3.59. The Morgan fingerprint density at radius 3 is 2.82 bits per heavy atom. The van der Waals surface area contributed by atoms with E-state index in [0.717, 1.165) is 39.1 Å². The largest absolute Gasteiger partial charge is 0.388 e. The summed E-state index contributed by atoms with van der Waals surface area (Å²) in [7, 11) is 2.11. The number of hydrogen-bond donors (Lipinski definition) is 2. The van der Waals surface area contributed by atoms with Crippen molar-refractivity contribution in [3.8, 4) is 0 Å². The molecule has 0 bridgehead atoms. The monoisotopic (exact) mass is 244 g/mol. The fourth-order valence-corrected chi connectivity index (χ4v) is 2.38. The zero-order chi connectivity index (χ0) is 12.1. The van der Waals surface area contributed by atoms with Gasteiger partial charge in [0.2, 0.25) is 0 Å². The number of morpholine rings is 1. The number of ether oxygens (including phenoxy) is 2. The first kappa shape index (κ1) is 13.2. The van der Waals surface area contributed by atoms with Gasteiger partial charge >= 0.3 is 0 Å². The number of nitrogens with one attached hydrogen (secondary N) is 1. The fraction of sp³-hybridized carbons (Fsp3) is 1.00. The average molecular weight is 244 g/mol. The summed E-state index contributed by atoms with van der Waals surface area (Å²) in [6.07, 6.45) is 1.70. The predicted molar refractivity (Wildman–Crippen MR) is 65.1 cm³/mol.